The van der Waals surface area contributed by atoms with E-state index in [1.165, 1.54) is 11.3 Å². The topological polar surface area (TPSA) is 81.4 Å². The SMILES string of the molecule is Cc1cc(C(=O)NCCOC(N)=O)sc1Br. The van der Waals surface area contributed by atoms with E-state index in [-0.39, 0.29) is 19.1 Å². The number of primary amides is 1. The summed E-state index contributed by atoms with van der Waals surface area (Å²) in [5, 5.41) is 2.61. The van der Waals surface area contributed by atoms with Crippen LogP contribution >= 0.6 is 27.3 Å². The highest BCUT2D eigenvalue weighted by Gasteiger charge is 2.10. The molecule has 88 valence electrons. The second-order valence-electron chi connectivity index (χ2n) is 2.99. The quantitative estimate of drug-likeness (QED) is 0.830. The Morgan fingerprint density at radius 1 is 1.62 bits per heavy atom. The Balaban J connectivity index is 2.38. The zero-order valence-electron chi connectivity index (χ0n) is 8.58. The van der Waals surface area contributed by atoms with Gasteiger partial charge in [-0.15, -0.1) is 11.3 Å². The van der Waals surface area contributed by atoms with E-state index < -0.39 is 6.09 Å². The first kappa shape index (κ1) is 13.0. The molecule has 5 nitrogen and oxygen atoms in total. The van der Waals surface area contributed by atoms with E-state index in [1.807, 2.05) is 6.92 Å². The average Bonchev–Trinajstić information content (AvgIpc) is 2.54. The second kappa shape index (κ2) is 5.86. The van der Waals surface area contributed by atoms with Gasteiger partial charge in [0.05, 0.1) is 15.2 Å². The number of hydrogen-bond acceptors (Lipinski definition) is 4. The molecule has 1 aromatic heterocycles. The molecule has 7 heteroatoms. The minimum Gasteiger partial charge on any atom is -0.448 e. The Labute approximate surface area is 105 Å². The lowest BCUT2D eigenvalue weighted by atomic mass is 10.3. The van der Waals surface area contributed by atoms with Crippen LogP contribution in [0, 0.1) is 6.92 Å². The van der Waals surface area contributed by atoms with Gasteiger partial charge in [-0.05, 0) is 34.5 Å². The molecule has 0 aromatic carbocycles. The van der Waals surface area contributed by atoms with E-state index >= 15 is 0 Å². The van der Waals surface area contributed by atoms with Crippen LogP contribution in [0.5, 0.6) is 0 Å². The minimum absolute atomic E-state index is 0.0760. The van der Waals surface area contributed by atoms with E-state index in [4.69, 9.17) is 5.73 Å². The van der Waals surface area contributed by atoms with Crippen LogP contribution in [-0.4, -0.2) is 25.2 Å². The number of ether oxygens (including phenoxy) is 1. The molecule has 16 heavy (non-hydrogen) atoms. The van der Waals surface area contributed by atoms with Crippen LogP contribution in [0.3, 0.4) is 0 Å². The maximum Gasteiger partial charge on any atom is 0.404 e. The molecule has 0 atom stereocenters. The van der Waals surface area contributed by atoms with Crippen molar-refractivity contribution >= 4 is 39.3 Å². The third kappa shape index (κ3) is 3.82. The average molecular weight is 307 g/mol. The molecule has 0 spiro atoms. The number of amides is 2. The monoisotopic (exact) mass is 306 g/mol. The zero-order chi connectivity index (χ0) is 12.1. The van der Waals surface area contributed by atoms with Gasteiger partial charge in [0.25, 0.3) is 5.91 Å². The van der Waals surface area contributed by atoms with E-state index in [9.17, 15) is 9.59 Å². The van der Waals surface area contributed by atoms with Crippen molar-refractivity contribution in [1.29, 1.82) is 0 Å². The molecule has 0 saturated carbocycles. The van der Waals surface area contributed by atoms with E-state index in [0.29, 0.717) is 4.88 Å². The molecular formula is C9H11BrN2O3S. The summed E-state index contributed by atoms with van der Waals surface area (Å²) in [5.41, 5.74) is 5.78. The molecule has 0 aliphatic heterocycles. The van der Waals surface area contributed by atoms with Crippen molar-refractivity contribution in [3.05, 3.63) is 20.3 Å². The number of nitrogens with one attached hydrogen (secondary N) is 1. The molecule has 2 amide bonds. The molecular weight excluding hydrogens is 296 g/mol. The molecule has 0 radical (unpaired) electrons. The number of aryl methyl sites for hydroxylation is 1. The fraction of sp³-hybridized carbons (Fsp3) is 0.333. The number of carbonyl (C=O) groups is 2. The van der Waals surface area contributed by atoms with Crippen LogP contribution in [0.2, 0.25) is 0 Å². The molecule has 0 aliphatic rings. The first-order chi connectivity index (χ1) is 7.50. The van der Waals surface area contributed by atoms with Gasteiger partial charge in [0.15, 0.2) is 0 Å². The molecule has 0 unspecified atom stereocenters. The summed E-state index contributed by atoms with van der Waals surface area (Å²) in [6.45, 7) is 2.23. The standard InChI is InChI=1S/C9H11BrN2O3S/c1-5-4-6(16-7(5)10)8(13)12-2-3-15-9(11)14/h4H,2-3H2,1H3,(H2,11,14)(H,12,13). The number of thiophene rings is 1. The summed E-state index contributed by atoms with van der Waals surface area (Å²) in [6.07, 6.45) is -0.844. The Hall–Kier alpha value is -1.08. The molecule has 0 aliphatic carbocycles. The summed E-state index contributed by atoms with van der Waals surface area (Å²) in [6, 6.07) is 1.79. The van der Waals surface area contributed by atoms with Crippen molar-refractivity contribution in [1.82, 2.24) is 5.32 Å². The number of rotatable bonds is 4. The highest BCUT2D eigenvalue weighted by atomic mass is 79.9. The molecule has 0 bridgehead atoms. The molecule has 1 aromatic rings. The van der Waals surface area contributed by atoms with Crippen LogP contribution in [-0.2, 0) is 4.74 Å². The zero-order valence-corrected chi connectivity index (χ0v) is 11.0. The first-order valence-electron chi connectivity index (χ1n) is 4.47. The van der Waals surface area contributed by atoms with Gasteiger partial charge in [0.1, 0.15) is 6.61 Å². The van der Waals surface area contributed by atoms with Gasteiger partial charge in [-0.2, -0.15) is 0 Å². The Bertz CT molecular complexity index is 386. The summed E-state index contributed by atoms with van der Waals surface area (Å²) in [4.78, 5) is 22.4. The molecule has 3 N–H and O–H groups in total. The van der Waals surface area contributed by atoms with Gasteiger partial charge in [0.2, 0.25) is 0 Å². The predicted octanol–water partition coefficient (Wildman–Crippen LogP) is 1.64. The van der Waals surface area contributed by atoms with Gasteiger partial charge < -0.3 is 15.8 Å². The lowest BCUT2D eigenvalue weighted by molar-refractivity contribution is 0.0941. The van der Waals surface area contributed by atoms with Crippen molar-refractivity contribution in [3.63, 3.8) is 0 Å². The molecule has 0 fully saturated rings. The van der Waals surface area contributed by atoms with Crippen LogP contribution < -0.4 is 11.1 Å². The minimum atomic E-state index is -0.844. The number of halogens is 1. The number of carbonyl (C=O) groups excluding carboxylic acids is 2. The highest BCUT2D eigenvalue weighted by Crippen LogP contribution is 2.26. The fourth-order valence-electron chi connectivity index (χ4n) is 0.975. The summed E-state index contributed by atoms with van der Waals surface area (Å²) < 4.78 is 5.41. The predicted molar refractivity (Wildman–Crippen MR) is 64.6 cm³/mol. The number of nitrogens with two attached hydrogens (primary N) is 1. The third-order valence-corrected chi connectivity index (χ3v) is 3.85. The summed E-state index contributed by atoms with van der Waals surface area (Å²) >= 11 is 4.70. The Kier molecular flexibility index (Phi) is 4.75. The van der Waals surface area contributed by atoms with Gasteiger partial charge >= 0.3 is 6.09 Å². The van der Waals surface area contributed by atoms with E-state index in [1.54, 1.807) is 6.07 Å². The molecule has 1 heterocycles. The van der Waals surface area contributed by atoms with Crippen LogP contribution in [0.25, 0.3) is 0 Å². The van der Waals surface area contributed by atoms with E-state index in [0.717, 1.165) is 9.35 Å². The van der Waals surface area contributed by atoms with Crippen molar-refractivity contribution in [2.45, 2.75) is 6.92 Å². The maximum absolute atomic E-state index is 11.6. The fourth-order valence-corrected chi connectivity index (χ4v) is 2.43. The van der Waals surface area contributed by atoms with Crippen LogP contribution in [0.15, 0.2) is 9.85 Å². The van der Waals surface area contributed by atoms with Crippen molar-refractivity contribution in [2.24, 2.45) is 5.73 Å². The van der Waals surface area contributed by atoms with Crippen molar-refractivity contribution in [2.75, 3.05) is 13.2 Å². The van der Waals surface area contributed by atoms with Crippen molar-refractivity contribution < 1.29 is 14.3 Å². The smallest absolute Gasteiger partial charge is 0.404 e. The summed E-state index contributed by atoms with van der Waals surface area (Å²) in [5.74, 6) is -0.188. The Morgan fingerprint density at radius 3 is 2.81 bits per heavy atom. The second-order valence-corrected chi connectivity index (χ2v) is 5.36. The van der Waals surface area contributed by atoms with Crippen LogP contribution in [0.1, 0.15) is 15.2 Å². The largest absolute Gasteiger partial charge is 0.448 e. The number of hydrogen-bond donors (Lipinski definition) is 2. The van der Waals surface area contributed by atoms with Gasteiger partial charge in [0, 0.05) is 0 Å². The Morgan fingerprint density at radius 2 is 2.31 bits per heavy atom. The van der Waals surface area contributed by atoms with Crippen LogP contribution in [0.4, 0.5) is 4.79 Å². The summed E-state index contributed by atoms with van der Waals surface area (Å²) in [7, 11) is 0. The van der Waals surface area contributed by atoms with Crippen molar-refractivity contribution in [3.8, 4) is 0 Å². The van der Waals surface area contributed by atoms with Gasteiger partial charge in [-0.1, -0.05) is 0 Å². The third-order valence-electron chi connectivity index (χ3n) is 1.71. The lowest BCUT2D eigenvalue weighted by Crippen LogP contribution is -2.28. The first-order valence-corrected chi connectivity index (χ1v) is 6.08. The van der Waals surface area contributed by atoms with E-state index in [2.05, 4.69) is 26.0 Å². The van der Waals surface area contributed by atoms with Gasteiger partial charge in [-0.3, -0.25) is 4.79 Å². The van der Waals surface area contributed by atoms with Gasteiger partial charge in [-0.25, -0.2) is 4.79 Å². The lowest BCUT2D eigenvalue weighted by Gasteiger charge is -2.03. The normalized spacial score (nSPS) is 9.88. The highest BCUT2D eigenvalue weighted by molar-refractivity contribution is 9.11. The maximum atomic E-state index is 11.6. The molecule has 1 rings (SSSR count). The molecule has 0 saturated heterocycles.